The number of hydrogen-bond donors (Lipinski definition) is 0. The predicted molar refractivity (Wildman–Crippen MR) is 62.4 cm³/mol. The van der Waals surface area contributed by atoms with Crippen molar-refractivity contribution in [3.63, 3.8) is 0 Å². The lowest BCUT2D eigenvalue weighted by atomic mass is 10.3. The van der Waals surface area contributed by atoms with Gasteiger partial charge in [0.15, 0.2) is 0 Å². The third kappa shape index (κ3) is 3.03. The molecule has 0 atom stereocenters. The normalized spacial score (nSPS) is 9.94. The molecule has 1 heterocycles. The number of hydrogen-bond acceptors (Lipinski definition) is 4. The van der Waals surface area contributed by atoms with E-state index in [2.05, 4.69) is 4.98 Å². The molecule has 0 aliphatic heterocycles. The van der Waals surface area contributed by atoms with Gasteiger partial charge in [0.25, 0.3) is 5.91 Å². The first-order chi connectivity index (χ1) is 7.56. The number of carbonyl (C=O) groups is 2. The second kappa shape index (κ2) is 5.60. The highest BCUT2D eigenvalue weighted by Gasteiger charge is 2.19. The van der Waals surface area contributed by atoms with Crippen LogP contribution in [0.15, 0.2) is 10.9 Å². The van der Waals surface area contributed by atoms with Crippen molar-refractivity contribution in [3.05, 3.63) is 16.6 Å². The number of amides is 2. The Hall–Kier alpha value is -1.43. The summed E-state index contributed by atoms with van der Waals surface area (Å²) in [6.07, 6.45) is 0. The number of likely N-dealkylation sites (N-methyl/N-ethyl adjacent to an activating group) is 2. The molecule has 16 heavy (non-hydrogen) atoms. The van der Waals surface area contributed by atoms with Crippen molar-refractivity contribution >= 4 is 23.2 Å². The number of rotatable bonds is 4. The van der Waals surface area contributed by atoms with Crippen LogP contribution in [-0.4, -0.2) is 53.8 Å². The average molecular weight is 241 g/mol. The summed E-state index contributed by atoms with van der Waals surface area (Å²) in [5.74, 6) is -0.288. The molecule has 0 spiro atoms. The SMILES string of the molecule is CCN(CC(=O)N(C)C)C(=O)c1cscn1. The summed E-state index contributed by atoms with van der Waals surface area (Å²) in [6.45, 7) is 2.43. The monoisotopic (exact) mass is 241 g/mol. The Bertz CT molecular complexity index is 362. The van der Waals surface area contributed by atoms with Gasteiger partial charge in [-0.25, -0.2) is 4.98 Å². The van der Waals surface area contributed by atoms with Gasteiger partial charge in [-0.1, -0.05) is 0 Å². The molecular weight excluding hydrogens is 226 g/mol. The second-order valence-electron chi connectivity index (χ2n) is 3.48. The molecule has 0 aliphatic carbocycles. The maximum Gasteiger partial charge on any atom is 0.273 e. The van der Waals surface area contributed by atoms with Crippen LogP contribution in [0.2, 0.25) is 0 Å². The number of carbonyl (C=O) groups excluding carboxylic acids is 2. The van der Waals surface area contributed by atoms with Gasteiger partial charge in [0.2, 0.25) is 5.91 Å². The highest BCUT2D eigenvalue weighted by molar-refractivity contribution is 7.07. The van der Waals surface area contributed by atoms with E-state index in [1.165, 1.54) is 21.1 Å². The van der Waals surface area contributed by atoms with Crippen molar-refractivity contribution < 1.29 is 9.59 Å². The van der Waals surface area contributed by atoms with Crippen LogP contribution in [0.3, 0.4) is 0 Å². The van der Waals surface area contributed by atoms with E-state index < -0.39 is 0 Å². The highest BCUT2D eigenvalue weighted by Crippen LogP contribution is 2.05. The van der Waals surface area contributed by atoms with Gasteiger partial charge in [0.1, 0.15) is 12.2 Å². The third-order valence-electron chi connectivity index (χ3n) is 2.15. The van der Waals surface area contributed by atoms with Gasteiger partial charge in [-0.05, 0) is 6.92 Å². The van der Waals surface area contributed by atoms with E-state index >= 15 is 0 Å². The molecule has 1 aromatic rings. The lowest BCUT2D eigenvalue weighted by Crippen LogP contribution is -2.40. The summed E-state index contributed by atoms with van der Waals surface area (Å²) in [4.78, 5) is 30.3. The Balaban J connectivity index is 2.68. The molecule has 0 aliphatic rings. The molecule has 0 saturated carbocycles. The minimum Gasteiger partial charge on any atom is -0.347 e. The van der Waals surface area contributed by atoms with Gasteiger partial charge in [-0.2, -0.15) is 0 Å². The zero-order chi connectivity index (χ0) is 12.1. The Labute approximate surface area is 98.7 Å². The van der Waals surface area contributed by atoms with Crippen LogP contribution in [-0.2, 0) is 4.79 Å². The molecule has 5 nitrogen and oxygen atoms in total. The Morgan fingerprint density at radius 2 is 2.12 bits per heavy atom. The lowest BCUT2D eigenvalue weighted by Gasteiger charge is -2.21. The quantitative estimate of drug-likeness (QED) is 0.779. The van der Waals surface area contributed by atoms with E-state index in [4.69, 9.17) is 0 Å². The summed E-state index contributed by atoms with van der Waals surface area (Å²) in [5, 5.41) is 1.69. The fourth-order valence-electron chi connectivity index (χ4n) is 1.11. The zero-order valence-electron chi connectivity index (χ0n) is 9.64. The minimum atomic E-state index is -0.195. The molecule has 1 aromatic heterocycles. The van der Waals surface area contributed by atoms with E-state index in [1.807, 2.05) is 6.92 Å². The Morgan fingerprint density at radius 3 is 2.56 bits per heavy atom. The smallest absolute Gasteiger partial charge is 0.273 e. The second-order valence-corrected chi connectivity index (χ2v) is 4.20. The first-order valence-corrected chi connectivity index (χ1v) is 5.88. The van der Waals surface area contributed by atoms with Gasteiger partial charge in [0.05, 0.1) is 5.51 Å². The summed E-state index contributed by atoms with van der Waals surface area (Å²) in [7, 11) is 3.34. The van der Waals surface area contributed by atoms with Gasteiger partial charge < -0.3 is 9.80 Å². The van der Waals surface area contributed by atoms with E-state index in [-0.39, 0.29) is 18.4 Å². The van der Waals surface area contributed by atoms with Crippen LogP contribution in [0.25, 0.3) is 0 Å². The fraction of sp³-hybridized carbons (Fsp3) is 0.500. The van der Waals surface area contributed by atoms with E-state index in [9.17, 15) is 9.59 Å². The lowest BCUT2D eigenvalue weighted by molar-refractivity contribution is -0.129. The van der Waals surface area contributed by atoms with E-state index in [0.29, 0.717) is 12.2 Å². The Morgan fingerprint density at radius 1 is 1.44 bits per heavy atom. The fourth-order valence-corrected chi connectivity index (χ4v) is 1.64. The highest BCUT2D eigenvalue weighted by atomic mass is 32.1. The van der Waals surface area contributed by atoms with Gasteiger partial charge in [0, 0.05) is 26.0 Å². The van der Waals surface area contributed by atoms with Crippen LogP contribution in [0.4, 0.5) is 0 Å². The van der Waals surface area contributed by atoms with Crippen LogP contribution < -0.4 is 0 Å². The first-order valence-electron chi connectivity index (χ1n) is 4.93. The molecule has 2 amide bonds. The van der Waals surface area contributed by atoms with Crippen LogP contribution in [0.1, 0.15) is 17.4 Å². The van der Waals surface area contributed by atoms with Gasteiger partial charge >= 0.3 is 0 Å². The summed E-state index contributed by atoms with van der Waals surface area (Å²) in [6, 6.07) is 0. The van der Waals surface area contributed by atoms with Crippen molar-refractivity contribution in [2.24, 2.45) is 0 Å². The van der Waals surface area contributed by atoms with Crippen molar-refractivity contribution in [2.75, 3.05) is 27.2 Å². The van der Waals surface area contributed by atoms with Crippen LogP contribution in [0, 0.1) is 0 Å². The maximum absolute atomic E-state index is 11.9. The molecule has 0 aromatic carbocycles. The van der Waals surface area contributed by atoms with E-state index in [0.717, 1.165) is 0 Å². The number of thiazole rings is 1. The molecule has 0 saturated heterocycles. The van der Waals surface area contributed by atoms with Crippen molar-refractivity contribution in [2.45, 2.75) is 6.92 Å². The van der Waals surface area contributed by atoms with Crippen LogP contribution >= 0.6 is 11.3 Å². The van der Waals surface area contributed by atoms with Gasteiger partial charge in [-0.15, -0.1) is 11.3 Å². The molecule has 0 N–H and O–H groups in total. The molecule has 1 rings (SSSR count). The predicted octanol–water partition coefficient (Wildman–Crippen LogP) is 0.693. The van der Waals surface area contributed by atoms with Crippen molar-refractivity contribution in [1.29, 1.82) is 0 Å². The average Bonchev–Trinajstić information content (AvgIpc) is 2.77. The summed E-state index contributed by atoms with van der Waals surface area (Å²) >= 11 is 1.37. The molecule has 0 bridgehead atoms. The minimum absolute atomic E-state index is 0.0922. The first kappa shape index (κ1) is 12.6. The molecule has 6 heteroatoms. The maximum atomic E-state index is 11.9. The van der Waals surface area contributed by atoms with E-state index in [1.54, 1.807) is 25.0 Å². The standard InChI is InChI=1S/C10H15N3O2S/c1-4-13(5-9(14)12(2)3)10(15)8-6-16-7-11-8/h6-7H,4-5H2,1-3H3. The molecule has 0 fully saturated rings. The topological polar surface area (TPSA) is 53.5 Å². The number of aromatic nitrogens is 1. The van der Waals surface area contributed by atoms with Crippen LogP contribution in [0.5, 0.6) is 0 Å². The molecule has 88 valence electrons. The molecular formula is C10H15N3O2S. The zero-order valence-corrected chi connectivity index (χ0v) is 10.5. The van der Waals surface area contributed by atoms with Gasteiger partial charge in [-0.3, -0.25) is 9.59 Å². The Kier molecular flexibility index (Phi) is 4.42. The molecule has 0 radical (unpaired) electrons. The summed E-state index contributed by atoms with van der Waals surface area (Å²) in [5.41, 5.74) is 2.01. The summed E-state index contributed by atoms with van der Waals surface area (Å²) < 4.78 is 0. The largest absolute Gasteiger partial charge is 0.347 e. The van der Waals surface area contributed by atoms with Crippen molar-refractivity contribution in [3.8, 4) is 0 Å². The molecule has 0 unspecified atom stereocenters. The van der Waals surface area contributed by atoms with Crippen molar-refractivity contribution in [1.82, 2.24) is 14.8 Å². The number of nitrogens with zero attached hydrogens (tertiary/aromatic N) is 3. The third-order valence-corrected chi connectivity index (χ3v) is 2.73.